The number of amides is 1. The second-order valence-electron chi connectivity index (χ2n) is 4.17. The van der Waals surface area contributed by atoms with Gasteiger partial charge in [-0.3, -0.25) is 4.79 Å². The molecule has 0 N–H and O–H groups in total. The van der Waals surface area contributed by atoms with Gasteiger partial charge in [0.2, 0.25) is 5.91 Å². The molecule has 1 unspecified atom stereocenters. The molecule has 0 aliphatic carbocycles. The summed E-state index contributed by atoms with van der Waals surface area (Å²) in [7, 11) is 1.56. The van der Waals surface area contributed by atoms with Crippen LogP contribution in [0.4, 0.5) is 4.39 Å². The van der Waals surface area contributed by atoms with Crippen molar-refractivity contribution in [2.75, 3.05) is 13.7 Å². The number of allylic oxidation sites excluding steroid dienone is 1. The summed E-state index contributed by atoms with van der Waals surface area (Å²) in [5.41, 5.74) is 0.741. The van der Waals surface area contributed by atoms with Gasteiger partial charge in [-0.1, -0.05) is 6.42 Å². The minimum absolute atomic E-state index is 0. The normalized spacial score (nSPS) is 18.4. The van der Waals surface area contributed by atoms with Crippen molar-refractivity contribution in [1.29, 1.82) is 0 Å². The first kappa shape index (κ1) is 17.6. The quantitative estimate of drug-likeness (QED) is 0.604. The molecule has 6 heteroatoms. The van der Waals surface area contributed by atoms with Crippen molar-refractivity contribution in [3.8, 4) is 5.75 Å². The maximum atomic E-state index is 14.0. The van der Waals surface area contributed by atoms with Crippen molar-refractivity contribution in [3.63, 3.8) is 0 Å². The third-order valence-corrected chi connectivity index (χ3v) is 3.23. The fourth-order valence-corrected chi connectivity index (χ4v) is 2.16. The van der Waals surface area contributed by atoms with Crippen LogP contribution in [0.5, 0.6) is 5.75 Å². The molecule has 1 atom stereocenters. The maximum Gasteiger partial charge on any atom is 0.240 e. The smallest absolute Gasteiger partial charge is 0.240 e. The van der Waals surface area contributed by atoms with Crippen LogP contribution in [0.2, 0.25) is 0 Å². The molecule has 0 aromatic heterocycles. The van der Waals surface area contributed by atoms with Crippen molar-refractivity contribution in [1.82, 2.24) is 4.90 Å². The maximum absolute atomic E-state index is 14.0. The van der Waals surface area contributed by atoms with Crippen LogP contribution in [0.25, 0.3) is 5.70 Å². The van der Waals surface area contributed by atoms with Crippen molar-refractivity contribution < 1.29 is 46.6 Å². The number of rotatable bonds is 3. The molecule has 3 nitrogen and oxygen atoms in total. The molecule has 1 aromatic rings. The minimum Gasteiger partial charge on any atom is -0.494 e. The average molecular weight is 372 g/mol. The summed E-state index contributed by atoms with van der Waals surface area (Å²) in [6.45, 7) is 2.30. The topological polar surface area (TPSA) is 29.5 Å². The van der Waals surface area contributed by atoms with Gasteiger partial charge in [-0.25, -0.2) is 10.5 Å². The minimum atomic E-state index is -0.625. The Bertz CT molecular complexity index is 536. The summed E-state index contributed by atoms with van der Waals surface area (Å²) >= 11 is 5.84. The van der Waals surface area contributed by atoms with Gasteiger partial charge in [-0.05, 0) is 19.1 Å². The van der Waals surface area contributed by atoms with E-state index < -0.39 is 11.2 Å². The Morgan fingerprint density at radius 1 is 1.55 bits per heavy atom. The van der Waals surface area contributed by atoms with E-state index in [1.54, 1.807) is 19.2 Å². The molecule has 1 aliphatic heterocycles. The third kappa shape index (κ3) is 3.60. The number of ether oxygens (including phenoxy) is 1. The van der Waals surface area contributed by atoms with Gasteiger partial charge in [0.25, 0.3) is 0 Å². The van der Waals surface area contributed by atoms with Crippen molar-refractivity contribution in [2.45, 2.75) is 18.7 Å². The van der Waals surface area contributed by atoms with E-state index in [1.807, 2.05) is 6.92 Å². The van der Waals surface area contributed by atoms with Gasteiger partial charge >= 0.3 is 0 Å². The molecular formula is C14H14ClFNO2Y-. The van der Waals surface area contributed by atoms with E-state index in [-0.39, 0.29) is 45.0 Å². The van der Waals surface area contributed by atoms with E-state index in [2.05, 4.69) is 6.08 Å². The van der Waals surface area contributed by atoms with Crippen molar-refractivity contribution in [2.24, 2.45) is 0 Å². The Hall–Kier alpha value is -0.446. The summed E-state index contributed by atoms with van der Waals surface area (Å²) < 4.78 is 19.3. The van der Waals surface area contributed by atoms with Crippen molar-refractivity contribution in [3.05, 3.63) is 35.7 Å². The van der Waals surface area contributed by atoms with E-state index >= 15 is 0 Å². The summed E-state index contributed by atoms with van der Waals surface area (Å²) in [5.74, 6) is -0.228. The molecule has 20 heavy (non-hydrogen) atoms. The molecular weight excluding hydrogens is 358 g/mol. The standard InChI is InChI=1S/C14H14ClFNO2.Y/c1-3-19-9-4-5-10(12(16)8-9)13-7-6-11(15)14(18)17(13)2;/h4-5,8,11H,3,6H2,1-2H3;/q-1;. The molecule has 0 bridgehead atoms. The summed E-state index contributed by atoms with van der Waals surface area (Å²) in [6, 6.07) is 4.56. The van der Waals surface area contributed by atoms with Crippen molar-refractivity contribution >= 4 is 23.2 Å². The van der Waals surface area contributed by atoms with E-state index in [0.717, 1.165) is 0 Å². The zero-order chi connectivity index (χ0) is 14.0. The van der Waals surface area contributed by atoms with Crippen LogP contribution in [0.15, 0.2) is 18.2 Å². The van der Waals surface area contributed by atoms with Gasteiger partial charge in [0, 0.05) is 39.8 Å². The predicted octanol–water partition coefficient (Wildman–Crippen LogP) is 2.84. The van der Waals surface area contributed by atoms with Gasteiger partial charge in [-0.15, -0.1) is 28.9 Å². The van der Waals surface area contributed by atoms with Crippen LogP contribution in [0.3, 0.4) is 0 Å². The Morgan fingerprint density at radius 2 is 2.25 bits per heavy atom. The number of carbonyl (C=O) groups is 1. The summed E-state index contributed by atoms with van der Waals surface area (Å²) in [5, 5.41) is -0.625. The SMILES string of the molecule is CCOc1ccc(C2=[C-]CC(Cl)C(=O)N2C)c(F)c1.[Y]. The fourth-order valence-electron chi connectivity index (χ4n) is 1.93. The van der Waals surface area contributed by atoms with Crippen LogP contribution in [0, 0.1) is 11.9 Å². The van der Waals surface area contributed by atoms with Crippen LogP contribution in [-0.4, -0.2) is 29.8 Å². The van der Waals surface area contributed by atoms with Gasteiger partial charge in [0.05, 0.1) is 12.4 Å². The molecule has 0 saturated heterocycles. The number of carbonyl (C=O) groups excluding carboxylic acids is 1. The third-order valence-electron chi connectivity index (χ3n) is 2.89. The van der Waals surface area contributed by atoms with Gasteiger partial charge in [0.15, 0.2) is 0 Å². The van der Waals surface area contributed by atoms with E-state index in [1.165, 1.54) is 11.0 Å². The zero-order valence-electron chi connectivity index (χ0n) is 11.3. The van der Waals surface area contributed by atoms with Gasteiger partial charge < -0.3 is 9.64 Å². The molecule has 0 spiro atoms. The predicted molar refractivity (Wildman–Crippen MR) is 71.2 cm³/mol. The van der Waals surface area contributed by atoms with Crippen LogP contribution in [-0.2, 0) is 37.5 Å². The largest absolute Gasteiger partial charge is 0.494 e. The second kappa shape index (κ2) is 7.53. The Kier molecular flexibility index (Phi) is 6.63. The second-order valence-corrected chi connectivity index (χ2v) is 4.70. The first-order chi connectivity index (χ1) is 9.04. The molecule has 105 valence electrons. The van der Waals surface area contributed by atoms with E-state index in [4.69, 9.17) is 16.3 Å². The van der Waals surface area contributed by atoms with Crippen LogP contribution < -0.4 is 4.74 Å². The molecule has 1 heterocycles. The molecule has 1 radical (unpaired) electrons. The fraction of sp³-hybridized carbons (Fsp3) is 0.357. The Balaban J connectivity index is 0.00000200. The summed E-state index contributed by atoms with van der Waals surface area (Å²) in [6.07, 6.45) is 3.25. The van der Waals surface area contributed by atoms with Gasteiger partial charge in [0.1, 0.15) is 11.1 Å². The monoisotopic (exact) mass is 371 g/mol. The average Bonchev–Trinajstić information content (AvgIpc) is 2.38. The molecule has 1 aromatic carbocycles. The zero-order valence-corrected chi connectivity index (χ0v) is 14.9. The number of hydrogen-bond donors (Lipinski definition) is 0. The van der Waals surface area contributed by atoms with E-state index in [9.17, 15) is 9.18 Å². The van der Waals surface area contributed by atoms with E-state index in [0.29, 0.717) is 23.6 Å². The first-order valence-corrected chi connectivity index (χ1v) is 6.43. The summed E-state index contributed by atoms with van der Waals surface area (Å²) in [4.78, 5) is 13.1. The molecule has 2 rings (SSSR count). The van der Waals surface area contributed by atoms with Crippen LogP contribution >= 0.6 is 11.6 Å². The molecule has 1 aliphatic rings. The van der Waals surface area contributed by atoms with Gasteiger partial charge in [-0.2, -0.15) is 0 Å². The Labute approximate surface area is 148 Å². The molecule has 1 amide bonds. The number of nitrogens with zero attached hydrogens (tertiary/aromatic N) is 1. The van der Waals surface area contributed by atoms with Crippen LogP contribution in [0.1, 0.15) is 18.9 Å². The number of halogens is 2. The number of alkyl halides is 1. The number of benzene rings is 1. The molecule has 0 fully saturated rings. The Morgan fingerprint density at radius 3 is 2.85 bits per heavy atom. The first-order valence-electron chi connectivity index (χ1n) is 5.99. The molecule has 0 saturated carbocycles. The number of hydrogen-bond acceptors (Lipinski definition) is 2.